The second kappa shape index (κ2) is 17.6. The van der Waals surface area contributed by atoms with E-state index in [-0.39, 0.29) is 53.9 Å². The summed E-state index contributed by atoms with van der Waals surface area (Å²) >= 11 is 0. The fraction of sp³-hybridized carbons (Fsp3) is 0.361. The van der Waals surface area contributed by atoms with Gasteiger partial charge in [0.2, 0.25) is 0 Å². The number of phenolic OH excluding ortho intramolecular Hbond substituents is 1. The van der Waals surface area contributed by atoms with Gasteiger partial charge in [-0.3, -0.25) is 9.55 Å². The van der Waals surface area contributed by atoms with Gasteiger partial charge in [-0.15, -0.1) is 29.3 Å². The Balaban J connectivity index is 0.00000666. The van der Waals surface area contributed by atoms with Crippen molar-refractivity contribution in [3.8, 4) is 56.3 Å². The number of hydrogen-bond donors (Lipinski definition) is 1. The Morgan fingerprint density at radius 2 is 1.19 bits per heavy atom. The molecule has 0 fully saturated rings. The first kappa shape index (κ1) is 49.5. The van der Waals surface area contributed by atoms with E-state index >= 15 is 0 Å². The summed E-state index contributed by atoms with van der Waals surface area (Å²) in [4.78, 5) is 15.5. The minimum Gasteiger partial charge on any atom is -0.507 e. The number of imidazole rings is 1. The van der Waals surface area contributed by atoms with E-state index in [4.69, 9.17) is 15.0 Å². The van der Waals surface area contributed by atoms with Gasteiger partial charge in [0.05, 0.1) is 27.8 Å². The van der Waals surface area contributed by atoms with Crippen LogP contribution in [-0.4, -0.2) is 24.6 Å². The quantitative estimate of drug-likeness (QED) is 0.169. The summed E-state index contributed by atoms with van der Waals surface area (Å²) in [5, 5.41) is 13.6. The predicted molar refractivity (Wildman–Crippen MR) is 279 cm³/mol. The minimum absolute atomic E-state index is 0. The average Bonchev–Trinajstić information content (AvgIpc) is 3.62. The molecule has 0 atom stereocenters. The molecule has 0 aliphatic carbocycles. The molecule has 1 N–H and O–H groups in total. The van der Waals surface area contributed by atoms with Crippen molar-refractivity contribution in [3.63, 3.8) is 0 Å². The zero-order chi connectivity index (χ0) is 47.9. The van der Waals surface area contributed by atoms with E-state index in [0.29, 0.717) is 11.4 Å². The van der Waals surface area contributed by atoms with Gasteiger partial charge < -0.3 is 5.11 Å². The third-order valence-electron chi connectivity index (χ3n) is 13.1. The van der Waals surface area contributed by atoms with E-state index in [0.717, 1.165) is 78.7 Å². The fourth-order valence-electron chi connectivity index (χ4n) is 9.16. The van der Waals surface area contributed by atoms with E-state index in [2.05, 4.69) is 225 Å². The molecule has 0 amide bonds. The molecule has 350 valence electrons. The fourth-order valence-corrected chi connectivity index (χ4v) is 9.16. The Kier molecular flexibility index (Phi) is 13.0. The molecular formula is C61H69N4OPt-. The maximum atomic E-state index is 12.6. The number of rotatable bonds is 6. The number of phenols is 1. The Morgan fingerprint density at radius 1 is 0.567 bits per heavy atom. The standard InChI is InChI=1S/C61H69N4O.Pt/c1-37-39(35-57(2,3)4)25-27-46-52(37)62-36-63-53(46)41-29-40(30-43(31-41)59(8,9)10)45-23-20-24-51-54(45)64-56(48-33-44(60(11,12)13)34-49(55(48)66)61(14,15)16)65(51)50-28-26-42(58(5,6)7)32-47(50)38-21-18-17-19-22-38;/h17-28,30-34,36,66H,35H2,1-16H3;/q-1;. The molecule has 0 unspecified atom stereocenters. The van der Waals surface area contributed by atoms with Crippen LogP contribution in [0.25, 0.3) is 72.5 Å². The van der Waals surface area contributed by atoms with Crippen LogP contribution in [0.5, 0.6) is 5.75 Å². The molecule has 0 radical (unpaired) electrons. The SMILES string of the molecule is Cc1c(CC(C)(C)C)ccc2c(-c3[c-]c(-c4cccc5c4nc(-c4cc(C(C)(C)C)cc(C(C)(C)C)c4O)n5-c4ccc(C(C)(C)C)cc4-c4ccccc4)cc(C(C)(C)C)c3)ncnc12.[Pt]. The van der Waals surface area contributed by atoms with Crippen molar-refractivity contribution in [2.24, 2.45) is 5.41 Å². The van der Waals surface area contributed by atoms with Crippen molar-refractivity contribution in [3.05, 3.63) is 149 Å². The molecule has 8 aromatic rings. The molecular weight excluding hydrogens is 1000 g/mol. The normalized spacial score (nSPS) is 12.8. The van der Waals surface area contributed by atoms with E-state index in [9.17, 15) is 5.11 Å². The summed E-state index contributed by atoms with van der Waals surface area (Å²) in [6.45, 7) is 35.8. The Labute approximate surface area is 414 Å². The molecule has 0 saturated carbocycles. The van der Waals surface area contributed by atoms with Crippen LogP contribution in [0.3, 0.4) is 0 Å². The van der Waals surface area contributed by atoms with Crippen LogP contribution < -0.4 is 0 Å². The number of nitrogens with zero attached hydrogens (tertiary/aromatic N) is 4. The van der Waals surface area contributed by atoms with Gasteiger partial charge in [0.25, 0.3) is 0 Å². The van der Waals surface area contributed by atoms with Gasteiger partial charge in [-0.25, -0.2) is 9.97 Å². The summed E-state index contributed by atoms with van der Waals surface area (Å²) in [7, 11) is 0. The molecule has 8 rings (SSSR count). The van der Waals surface area contributed by atoms with Crippen molar-refractivity contribution in [1.82, 2.24) is 19.5 Å². The smallest absolute Gasteiger partial charge is 0.148 e. The number of para-hydroxylation sites is 1. The first-order valence-corrected chi connectivity index (χ1v) is 23.6. The molecule has 2 aromatic heterocycles. The van der Waals surface area contributed by atoms with Crippen molar-refractivity contribution < 1.29 is 26.2 Å². The number of aryl methyl sites for hydroxylation is 1. The average molecular weight is 1070 g/mol. The minimum atomic E-state index is -0.331. The van der Waals surface area contributed by atoms with Gasteiger partial charge >= 0.3 is 0 Å². The van der Waals surface area contributed by atoms with E-state index in [1.165, 1.54) is 22.3 Å². The van der Waals surface area contributed by atoms with Crippen LogP contribution in [0, 0.1) is 18.4 Å². The molecule has 6 heteroatoms. The van der Waals surface area contributed by atoms with Gasteiger partial charge in [-0.1, -0.05) is 182 Å². The Hall–Kier alpha value is -5.38. The van der Waals surface area contributed by atoms with Crippen LogP contribution in [0.15, 0.2) is 109 Å². The second-order valence-electron chi connectivity index (χ2n) is 23.9. The van der Waals surface area contributed by atoms with Crippen LogP contribution in [0.2, 0.25) is 0 Å². The molecule has 0 aliphatic heterocycles. The molecule has 0 spiro atoms. The van der Waals surface area contributed by atoms with Gasteiger partial charge in [-0.2, -0.15) is 0 Å². The molecule has 5 nitrogen and oxygen atoms in total. The summed E-state index contributed by atoms with van der Waals surface area (Å²) in [5.41, 5.74) is 16.6. The topological polar surface area (TPSA) is 63.8 Å². The van der Waals surface area contributed by atoms with Crippen molar-refractivity contribution in [1.29, 1.82) is 0 Å². The van der Waals surface area contributed by atoms with Crippen molar-refractivity contribution in [2.45, 2.75) is 139 Å². The maximum absolute atomic E-state index is 12.6. The second-order valence-corrected chi connectivity index (χ2v) is 23.9. The maximum Gasteiger partial charge on any atom is 0.148 e. The van der Waals surface area contributed by atoms with Crippen molar-refractivity contribution in [2.75, 3.05) is 0 Å². The van der Waals surface area contributed by atoms with Crippen LogP contribution in [0.1, 0.15) is 137 Å². The van der Waals surface area contributed by atoms with Crippen LogP contribution in [0.4, 0.5) is 0 Å². The predicted octanol–water partition coefficient (Wildman–Crippen LogP) is 16.2. The van der Waals surface area contributed by atoms with E-state index < -0.39 is 0 Å². The zero-order valence-corrected chi connectivity index (χ0v) is 44.9. The molecule has 2 heterocycles. The zero-order valence-electron chi connectivity index (χ0n) is 42.7. The van der Waals surface area contributed by atoms with Gasteiger partial charge in [0, 0.05) is 37.9 Å². The molecule has 0 bridgehead atoms. The molecule has 6 aromatic carbocycles. The van der Waals surface area contributed by atoms with Gasteiger partial charge in [0.1, 0.15) is 17.9 Å². The first-order chi connectivity index (χ1) is 30.7. The summed E-state index contributed by atoms with van der Waals surface area (Å²) in [6, 6.07) is 41.2. The summed E-state index contributed by atoms with van der Waals surface area (Å²) in [6.07, 6.45) is 2.67. The monoisotopic (exact) mass is 1070 g/mol. The Morgan fingerprint density at radius 3 is 1.82 bits per heavy atom. The molecule has 0 aliphatic rings. The summed E-state index contributed by atoms with van der Waals surface area (Å²) in [5.74, 6) is 0.934. The number of aromatic hydroxyl groups is 1. The number of fused-ring (bicyclic) bond motifs is 2. The van der Waals surface area contributed by atoms with Gasteiger partial charge in [0.15, 0.2) is 0 Å². The number of benzene rings is 6. The number of aromatic nitrogens is 4. The molecule has 0 saturated heterocycles. The van der Waals surface area contributed by atoms with E-state index in [1.807, 2.05) is 0 Å². The third kappa shape index (κ3) is 9.82. The van der Waals surface area contributed by atoms with Crippen LogP contribution >= 0.6 is 0 Å². The van der Waals surface area contributed by atoms with Crippen molar-refractivity contribution >= 4 is 21.9 Å². The number of hydrogen-bond acceptors (Lipinski definition) is 4. The van der Waals surface area contributed by atoms with E-state index in [1.54, 1.807) is 6.33 Å². The molecule has 67 heavy (non-hydrogen) atoms. The third-order valence-corrected chi connectivity index (χ3v) is 13.1. The summed E-state index contributed by atoms with van der Waals surface area (Å²) < 4.78 is 2.28. The largest absolute Gasteiger partial charge is 0.507 e. The Bertz CT molecular complexity index is 3140. The first-order valence-electron chi connectivity index (χ1n) is 23.6. The van der Waals surface area contributed by atoms with Gasteiger partial charge in [-0.05, 0) is 97.9 Å². The van der Waals surface area contributed by atoms with Crippen LogP contribution in [-0.2, 0) is 49.1 Å².